The summed E-state index contributed by atoms with van der Waals surface area (Å²) >= 11 is 12.9. The van der Waals surface area contributed by atoms with Gasteiger partial charge in [0, 0.05) is 47.3 Å². The van der Waals surface area contributed by atoms with E-state index in [0.717, 1.165) is 5.56 Å². The molecule has 3 aromatic rings. The molecular weight excluding hydrogens is 557 g/mol. The largest absolute Gasteiger partial charge is 0.490 e. The van der Waals surface area contributed by atoms with Crippen LogP contribution in [-0.2, 0) is 22.6 Å². The van der Waals surface area contributed by atoms with E-state index in [4.69, 9.17) is 32.7 Å². The maximum Gasteiger partial charge on any atom is 0.311 e. The van der Waals surface area contributed by atoms with Crippen molar-refractivity contribution in [3.63, 3.8) is 0 Å². The van der Waals surface area contributed by atoms with Crippen molar-refractivity contribution < 1.29 is 24.0 Å². The molecule has 0 bridgehead atoms. The zero-order chi connectivity index (χ0) is 29.2. The number of benzene rings is 3. The maximum atomic E-state index is 13.7. The molecule has 1 unspecified atom stereocenters. The van der Waals surface area contributed by atoms with E-state index in [0.29, 0.717) is 22.2 Å². The Balaban J connectivity index is 1.96. The van der Waals surface area contributed by atoms with Gasteiger partial charge in [0.05, 0.1) is 12.0 Å². The zero-order valence-corrected chi connectivity index (χ0v) is 23.9. The van der Waals surface area contributed by atoms with E-state index in [1.54, 1.807) is 18.2 Å². The average molecular weight is 588 g/mol. The molecule has 3 aromatic carbocycles. The lowest BCUT2D eigenvalue weighted by atomic mass is 10.0. The Morgan fingerprint density at radius 3 is 2.30 bits per heavy atom. The number of nitrogens with zero attached hydrogens (tertiary/aromatic N) is 2. The fraction of sp³-hybridized carbons (Fsp3) is 0.310. The number of nitro groups is 1. The van der Waals surface area contributed by atoms with Crippen LogP contribution in [0.5, 0.6) is 11.5 Å². The van der Waals surface area contributed by atoms with E-state index in [2.05, 4.69) is 5.32 Å². The topological polar surface area (TPSA) is 111 Å². The van der Waals surface area contributed by atoms with Gasteiger partial charge < -0.3 is 19.7 Å². The highest BCUT2D eigenvalue weighted by Crippen LogP contribution is 2.31. The van der Waals surface area contributed by atoms with Gasteiger partial charge in [-0.1, -0.05) is 73.4 Å². The Morgan fingerprint density at radius 2 is 1.70 bits per heavy atom. The molecule has 11 heteroatoms. The molecular formula is C29H31Cl2N3O6. The molecule has 0 saturated carbocycles. The molecule has 40 heavy (non-hydrogen) atoms. The lowest BCUT2D eigenvalue weighted by Crippen LogP contribution is -2.52. The minimum Gasteiger partial charge on any atom is -0.490 e. The van der Waals surface area contributed by atoms with Crippen LogP contribution in [0.1, 0.15) is 25.0 Å². The predicted molar refractivity (Wildman–Crippen MR) is 154 cm³/mol. The molecule has 0 aromatic heterocycles. The van der Waals surface area contributed by atoms with E-state index in [9.17, 15) is 19.7 Å². The molecule has 212 valence electrons. The molecule has 0 fully saturated rings. The molecule has 3 rings (SSSR count). The summed E-state index contributed by atoms with van der Waals surface area (Å²) in [6.45, 7) is 3.89. The first kappa shape index (κ1) is 30.7. The van der Waals surface area contributed by atoms with E-state index >= 15 is 0 Å². The first-order chi connectivity index (χ1) is 19.1. The van der Waals surface area contributed by atoms with Crippen LogP contribution in [0.15, 0.2) is 66.7 Å². The number of carbonyl (C=O) groups excluding carboxylic acids is 2. The first-order valence-electron chi connectivity index (χ1n) is 12.6. The molecule has 0 saturated heterocycles. The molecule has 1 N–H and O–H groups in total. The third-order valence-corrected chi connectivity index (χ3v) is 6.76. The second kappa shape index (κ2) is 14.5. The van der Waals surface area contributed by atoms with Crippen molar-refractivity contribution in [2.24, 2.45) is 5.92 Å². The van der Waals surface area contributed by atoms with Gasteiger partial charge in [0.1, 0.15) is 11.8 Å². The van der Waals surface area contributed by atoms with Crippen molar-refractivity contribution in [1.82, 2.24) is 10.2 Å². The van der Waals surface area contributed by atoms with Crippen LogP contribution in [0, 0.1) is 16.0 Å². The van der Waals surface area contributed by atoms with E-state index < -0.39 is 23.5 Å². The number of nitrogens with one attached hydrogen (secondary N) is 1. The SMILES string of the molecule is COc1cc(OCC(=O)N(Cc2c(Cl)cccc2Cl)C(Cc2ccccc2)C(=O)NCC(C)C)ccc1[N+](=O)[O-]. The molecule has 0 aliphatic rings. The van der Waals surface area contributed by atoms with Crippen LogP contribution in [-0.4, -0.2) is 47.9 Å². The third kappa shape index (κ3) is 8.34. The lowest BCUT2D eigenvalue weighted by Gasteiger charge is -2.32. The van der Waals surface area contributed by atoms with Crippen molar-refractivity contribution >= 4 is 40.7 Å². The van der Waals surface area contributed by atoms with E-state index in [1.165, 1.54) is 30.2 Å². The van der Waals surface area contributed by atoms with Gasteiger partial charge in [-0.15, -0.1) is 0 Å². The number of rotatable bonds is 13. The normalized spacial score (nSPS) is 11.6. The fourth-order valence-electron chi connectivity index (χ4n) is 3.96. The predicted octanol–water partition coefficient (Wildman–Crippen LogP) is 5.70. The van der Waals surface area contributed by atoms with Gasteiger partial charge in [-0.05, 0) is 29.7 Å². The third-order valence-electron chi connectivity index (χ3n) is 6.06. The summed E-state index contributed by atoms with van der Waals surface area (Å²) in [5.41, 5.74) is 1.11. The van der Waals surface area contributed by atoms with Crippen molar-refractivity contribution in [1.29, 1.82) is 0 Å². The first-order valence-corrected chi connectivity index (χ1v) is 13.4. The summed E-state index contributed by atoms with van der Waals surface area (Å²) in [6, 6.07) is 17.4. The van der Waals surface area contributed by atoms with Gasteiger partial charge >= 0.3 is 5.69 Å². The summed E-state index contributed by atoms with van der Waals surface area (Å²) in [5, 5.41) is 14.9. The van der Waals surface area contributed by atoms with Crippen LogP contribution in [0.2, 0.25) is 10.0 Å². The highest BCUT2D eigenvalue weighted by atomic mass is 35.5. The summed E-state index contributed by atoms with van der Waals surface area (Å²) in [6.07, 6.45) is 0.240. The lowest BCUT2D eigenvalue weighted by molar-refractivity contribution is -0.385. The molecule has 0 aliphatic heterocycles. The number of carbonyl (C=O) groups is 2. The summed E-state index contributed by atoms with van der Waals surface area (Å²) in [5.74, 6) is -0.455. The van der Waals surface area contributed by atoms with Gasteiger partial charge in [0.25, 0.3) is 5.91 Å². The molecule has 0 heterocycles. The van der Waals surface area contributed by atoms with Crippen molar-refractivity contribution in [2.45, 2.75) is 32.9 Å². The molecule has 0 radical (unpaired) electrons. The number of methoxy groups -OCH3 is 1. The van der Waals surface area contributed by atoms with Crippen LogP contribution >= 0.6 is 23.2 Å². The zero-order valence-electron chi connectivity index (χ0n) is 22.4. The summed E-state index contributed by atoms with van der Waals surface area (Å²) in [7, 11) is 1.30. The number of amides is 2. The highest BCUT2D eigenvalue weighted by molar-refractivity contribution is 6.36. The molecule has 9 nitrogen and oxygen atoms in total. The molecule has 1 atom stereocenters. The van der Waals surface area contributed by atoms with Crippen molar-refractivity contribution in [2.75, 3.05) is 20.3 Å². The van der Waals surface area contributed by atoms with Crippen LogP contribution < -0.4 is 14.8 Å². The van der Waals surface area contributed by atoms with Gasteiger partial charge in [0.2, 0.25) is 11.7 Å². The Kier molecular flexibility index (Phi) is 11.2. The monoisotopic (exact) mass is 587 g/mol. The van der Waals surface area contributed by atoms with E-state index in [-0.39, 0.29) is 42.0 Å². The van der Waals surface area contributed by atoms with Gasteiger partial charge in [-0.3, -0.25) is 19.7 Å². The van der Waals surface area contributed by atoms with E-state index in [1.807, 2.05) is 44.2 Å². The van der Waals surface area contributed by atoms with Gasteiger partial charge in [-0.2, -0.15) is 0 Å². The second-order valence-corrected chi connectivity index (χ2v) is 10.3. The van der Waals surface area contributed by atoms with Crippen molar-refractivity contribution in [3.8, 4) is 11.5 Å². The Morgan fingerprint density at radius 1 is 1.02 bits per heavy atom. The molecule has 0 aliphatic carbocycles. The average Bonchev–Trinajstić information content (AvgIpc) is 2.93. The van der Waals surface area contributed by atoms with Crippen molar-refractivity contribution in [3.05, 3.63) is 98.0 Å². The summed E-state index contributed by atoms with van der Waals surface area (Å²) < 4.78 is 10.8. The fourth-order valence-corrected chi connectivity index (χ4v) is 4.47. The Bertz CT molecular complexity index is 1320. The number of hydrogen-bond acceptors (Lipinski definition) is 6. The number of halogens is 2. The minimum atomic E-state index is -0.906. The highest BCUT2D eigenvalue weighted by Gasteiger charge is 2.32. The second-order valence-electron chi connectivity index (χ2n) is 9.45. The quantitative estimate of drug-likeness (QED) is 0.203. The molecule has 2 amide bonds. The number of hydrogen-bond donors (Lipinski definition) is 1. The Hall–Kier alpha value is -3.82. The van der Waals surface area contributed by atoms with Gasteiger partial charge in [0.15, 0.2) is 6.61 Å². The number of ether oxygens (including phenoxy) is 2. The number of nitro benzene ring substituents is 1. The standard InChI is InChI=1S/C29H31Cl2N3O6/c1-19(2)16-32-29(36)26(14-20-8-5-4-6-9-20)33(17-22-23(30)10-7-11-24(22)31)28(35)18-40-21-12-13-25(34(37)38)27(15-21)39-3/h4-13,15,19,26H,14,16-18H2,1-3H3,(H,32,36). The Labute approximate surface area is 243 Å². The maximum absolute atomic E-state index is 13.7. The smallest absolute Gasteiger partial charge is 0.311 e. The summed E-state index contributed by atoms with van der Waals surface area (Å²) in [4.78, 5) is 39.3. The van der Waals surface area contributed by atoms with Crippen LogP contribution in [0.3, 0.4) is 0 Å². The van der Waals surface area contributed by atoms with Crippen LogP contribution in [0.4, 0.5) is 5.69 Å². The van der Waals surface area contributed by atoms with Gasteiger partial charge in [-0.25, -0.2) is 0 Å². The molecule has 0 spiro atoms. The minimum absolute atomic E-state index is 0.00956. The van der Waals surface area contributed by atoms with Crippen LogP contribution in [0.25, 0.3) is 0 Å².